The number of aliphatic imine (C=N–C) groups is 1. The van der Waals surface area contributed by atoms with Gasteiger partial charge in [-0.25, -0.2) is 4.99 Å². The standard InChI is InChI=1S/C11H6F2N4O3/c12-9-4-10(13)16-11(15-9)14-5-6-3-7(17(19)20)1-2-8(6)18/h1-5,18H/b14-5+. The summed E-state index contributed by atoms with van der Waals surface area (Å²) < 4.78 is 25.6. The number of nitrogens with zero attached hydrogens (tertiary/aromatic N) is 4. The van der Waals surface area contributed by atoms with E-state index in [2.05, 4.69) is 15.0 Å². The highest BCUT2D eigenvalue weighted by molar-refractivity contribution is 5.85. The summed E-state index contributed by atoms with van der Waals surface area (Å²) in [5.41, 5.74) is -0.275. The molecule has 2 rings (SSSR count). The van der Waals surface area contributed by atoms with Crippen molar-refractivity contribution in [2.45, 2.75) is 0 Å². The highest BCUT2D eigenvalue weighted by atomic mass is 19.1. The molecule has 1 heterocycles. The summed E-state index contributed by atoms with van der Waals surface area (Å²) in [6.45, 7) is 0. The first-order chi connectivity index (χ1) is 9.45. The first kappa shape index (κ1) is 13.5. The largest absolute Gasteiger partial charge is 0.507 e. The topological polar surface area (TPSA) is 102 Å². The number of phenols is 1. The van der Waals surface area contributed by atoms with Gasteiger partial charge in [-0.05, 0) is 6.07 Å². The molecule has 1 aromatic carbocycles. The molecule has 9 heteroatoms. The average molecular weight is 280 g/mol. The van der Waals surface area contributed by atoms with Crippen molar-refractivity contribution in [3.8, 4) is 5.75 Å². The zero-order chi connectivity index (χ0) is 14.7. The molecule has 1 N–H and O–H groups in total. The van der Waals surface area contributed by atoms with Crippen LogP contribution in [0.1, 0.15) is 5.56 Å². The Hall–Kier alpha value is -2.97. The van der Waals surface area contributed by atoms with E-state index in [0.717, 1.165) is 24.4 Å². The first-order valence-corrected chi connectivity index (χ1v) is 5.17. The summed E-state index contributed by atoms with van der Waals surface area (Å²) in [5, 5.41) is 20.1. The van der Waals surface area contributed by atoms with Gasteiger partial charge in [-0.1, -0.05) is 0 Å². The molecule has 1 aromatic heterocycles. The molecule has 0 aliphatic carbocycles. The van der Waals surface area contributed by atoms with Crippen LogP contribution in [0.25, 0.3) is 0 Å². The number of aromatic hydroxyl groups is 1. The summed E-state index contributed by atoms with van der Waals surface area (Å²) in [6.07, 6.45) is 0.969. The number of nitro groups is 1. The second-order valence-electron chi connectivity index (χ2n) is 3.57. The van der Waals surface area contributed by atoms with Crippen molar-refractivity contribution in [3.05, 3.63) is 51.8 Å². The average Bonchev–Trinajstić information content (AvgIpc) is 2.36. The quantitative estimate of drug-likeness (QED) is 0.401. The van der Waals surface area contributed by atoms with Gasteiger partial charge in [0.25, 0.3) is 11.6 Å². The van der Waals surface area contributed by atoms with Crippen molar-refractivity contribution < 1.29 is 18.8 Å². The van der Waals surface area contributed by atoms with Gasteiger partial charge < -0.3 is 5.11 Å². The van der Waals surface area contributed by atoms with E-state index < -0.39 is 22.8 Å². The molecule has 7 nitrogen and oxygen atoms in total. The Morgan fingerprint density at radius 3 is 2.50 bits per heavy atom. The number of rotatable bonds is 3. The minimum absolute atomic E-state index is 0.00697. The molecule has 0 saturated carbocycles. The molecule has 0 amide bonds. The maximum atomic E-state index is 12.8. The van der Waals surface area contributed by atoms with Crippen LogP contribution in [-0.4, -0.2) is 26.2 Å². The Bertz CT molecular complexity index is 686. The van der Waals surface area contributed by atoms with Gasteiger partial charge in [0, 0.05) is 30.0 Å². The first-order valence-electron chi connectivity index (χ1n) is 5.17. The molecule has 0 bridgehead atoms. The van der Waals surface area contributed by atoms with E-state index in [4.69, 9.17) is 0 Å². The normalized spacial score (nSPS) is 10.9. The SMILES string of the molecule is O=[N+]([O-])c1ccc(O)c(/C=N/c2nc(F)cc(F)n2)c1. The number of halogens is 2. The van der Waals surface area contributed by atoms with E-state index in [9.17, 15) is 24.0 Å². The minimum Gasteiger partial charge on any atom is -0.507 e. The second kappa shape index (κ2) is 5.34. The molecule has 102 valence electrons. The van der Waals surface area contributed by atoms with Crippen LogP contribution in [0, 0.1) is 22.0 Å². The van der Waals surface area contributed by atoms with Crippen molar-refractivity contribution in [2.24, 2.45) is 4.99 Å². The van der Waals surface area contributed by atoms with Crippen molar-refractivity contribution in [1.29, 1.82) is 0 Å². The maximum Gasteiger partial charge on any atom is 0.270 e. The predicted molar refractivity (Wildman–Crippen MR) is 64.0 cm³/mol. The van der Waals surface area contributed by atoms with Crippen LogP contribution in [0.3, 0.4) is 0 Å². The number of phenolic OH excluding ortho intramolecular Hbond substituents is 1. The van der Waals surface area contributed by atoms with Crippen LogP contribution in [0.5, 0.6) is 5.75 Å². The lowest BCUT2D eigenvalue weighted by Crippen LogP contribution is -1.93. The zero-order valence-corrected chi connectivity index (χ0v) is 9.70. The van der Waals surface area contributed by atoms with Crippen LogP contribution in [-0.2, 0) is 0 Å². The molecule has 0 aliphatic heterocycles. The van der Waals surface area contributed by atoms with Crippen LogP contribution >= 0.6 is 0 Å². The molecule has 0 fully saturated rings. The van der Waals surface area contributed by atoms with Crippen molar-refractivity contribution in [1.82, 2.24) is 9.97 Å². The predicted octanol–water partition coefficient (Wildman–Crippen LogP) is 2.12. The molecule has 0 unspecified atom stereocenters. The van der Waals surface area contributed by atoms with Crippen molar-refractivity contribution in [3.63, 3.8) is 0 Å². The van der Waals surface area contributed by atoms with E-state index in [1.54, 1.807) is 0 Å². The van der Waals surface area contributed by atoms with Gasteiger partial charge in [-0.3, -0.25) is 10.1 Å². The van der Waals surface area contributed by atoms with Crippen molar-refractivity contribution in [2.75, 3.05) is 0 Å². The highest BCUT2D eigenvalue weighted by Gasteiger charge is 2.09. The van der Waals surface area contributed by atoms with E-state index in [1.807, 2.05) is 0 Å². The third kappa shape index (κ3) is 3.07. The lowest BCUT2D eigenvalue weighted by atomic mass is 10.2. The summed E-state index contributed by atoms with van der Waals surface area (Å²) in [4.78, 5) is 19.9. The molecular formula is C11H6F2N4O3. The minimum atomic E-state index is -1.10. The molecule has 0 spiro atoms. The Morgan fingerprint density at radius 1 is 1.25 bits per heavy atom. The molecule has 2 aromatic rings. The number of hydrogen-bond donors (Lipinski definition) is 1. The fourth-order valence-corrected chi connectivity index (χ4v) is 1.32. The Balaban J connectivity index is 2.35. The van der Waals surface area contributed by atoms with E-state index >= 15 is 0 Å². The Labute approximate surface area is 110 Å². The van der Waals surface area contributed by atoms with Crippen LogP contribution in [0.15, 0.2) is 29.3 Å². The van der Waals surface area contributed by atoms with Gasteiger partial charge in [0.05, 0.1) is 4.92 Å². The monoisotopic (exact) mass is 280 g/mol. The van der Waals surface area contributed by atoms with Crippen LogP contribution < -0.4 is 0 Å². The van der Waals surface area contributed by atoms with Gasteiger partial charge in [-0.2, -0.15) is 18.7 Å². The summed E-state index contributed by atoms with van der Waals surface area (Å²) >= 11 is 0. The van der Waals surface area contributed by atoms with Gasteiger partial charge in [0.15, 0.2) is 0 Å². The third-order valence-electron chi connectivity index (χ3n) is 2.19. The van der Waals surface area contributed by atoms with Gasteiger partial charge in [0.2, 0.25) is 11.9 Å². The zero-order valence-electron chi connectivity index (χ0n) is 9.70. The second-order valence-corrected chi connectivity index (χ2v) is 3.57. The Morgan fingerprint density at radius 2 is 1.90 bits per heavy atom. The molecule has 0 aliphatic rings. The van der Waals surface area contributed by atoms with Gasteiger partial charge in [0.1, 0.15) is 5.75 Å². The summed E-state index contributed by atoms with van der Waals surface area (Å²) in [6, 6.07) is 3.73. The molecular weight excluding hydrogens is 274 g/mol. The summed E-state index contributed by atoms with van der Waals surface area (Å²) in [7, 11) is 0. The fourth-order valence-electron chi connectivity index (χ4n) is 1.32. The molecule has 0 saturated heterocycles. The summed E-state index contributed by atoms with van der Waals surface area (Å²) in [5.74, 6) is -2.99. The maximum absolute atomic E-state index is 12.8. The lowest BCUT2D eigenvalue weighted by Gasteiger charge is -1.98. The van der Waals surface area contributed by atoms with E-state index in [0.29, 0.717) is 6.07 Å². The van der Waals surface area contributed by atoms with E-state index in [1.165, 1.54) is 0 Å². The number of non-ortho nitro benzene ring substituents is 1. The number of nitro benzene ring substituents is 1. The van der Waals surface area contributed by atoms with Crippen LogP contribution in [0.4, 0.5) is 20.4 Å². The number of aromatic nitrogens is 2. The smallest absolute Gasteiger partial charge is 0.270 e. The van der Waals surface area contributed by atoms with Gasteiger partial charge >= 0.3 is 0 Å². The van der Waals surface area contributed by atoms with Gasteiger partial charge in [-0.15, -0.1) is 0 Å². The molecule has 20 heavy (non-hydrogen) atoms. The molecule has 0 radical (unpaired) electrons. The third-order valence-corrected chi connectivity index (χ3v) is 2.19. The number of hydrogen-bond acceptors (Lipinski definition) is 6. The van der Waals surface area contributed by atoms with E-state index in [-0.39, 0.29) is 17.0 Å². The lowest BCUT2D eigenvalue weighted by molar-refractivity contribution is -0.384. The Kier molecular flexibility index (Phi) is 3.60. The van der Waals surface area contributed by atoms with Crippen molar-refractivity contribution >= 4 is 17.9 Å². The highest BCUT2D eigenvalue weighted by Crippen LogP contribution is 2.21. The number of benzene rings is 1. The molecule has 0 atom stereocenters. The van der Waals surface area contributed by atoms with Crippen LogP contribution in [0.2, 0.25) is 0 Å². The fraction of sp³-hybridized carbons (Fsp3) is 0.